The van der Waals surface area contributed by atoms with E-state index in [2.05, 4.69) is 17.6 Å². The Morgan fingerprint density at radius 2 is 2.32 bits per heavy atom. The maximum atomic E-state index is 12.5. The van der Waals surface area contributed by atoms with Crippen LogP contribution in [0.25, 0.3) is 0 Å². The first-order chi connectivity index (χ1) is 9.15. The highest BCUT2D eigenvalue weighted by atomic mass is 16.5. The van der Waals surface area contributed by atoms with Crippen molar-refractivity contribution in [3.05, 3.63) is 18.2 Å². The molecule has 4 nitrogen and oxygen atoms in total. The summed E-state index contributed by atoms with van der Waals surface area (Å²) in [5.74, 6) is 0.845. The monoisotopic (exact) mass is 260 g/mol. The van der Waals surface area contributed by atoms with Gasteiger partial charge in [0.25, 0.3) is 0 Å². The first kappa shape index (κ1) is 12.3. The fourth-order valence-corrected chi connectivity index (χ4v) is 3.17. The number of carbonyl (C=O) groups excluding carboxylic acids is 1. The van der Waals surface area contributed by atoms with Crippen LogP contribution in [0.15, 0.2) is 18.2 Å². The second-order valence-electron chi connectivity index (χ2n) is 5.57. The van der Waals surface area contributed by atoms with Gasteiger partial charge >= 0.3 is 0 Å². The minimum absolute atomic E-state index is 0.105. The number of amides is 1. The number of hydrogen-bond acceptors (Lipinski definition) is 3. The fraction of sp³-hybridized carbons (Fsp3) is 0.533. The first-order valence-electron chi connectivity index (χ1n) is 6.99. The van der Waals surface area contributed by atoms with Gasteiger partial charge in [0.1, 0.15) is 11.4 Å². The van der Waals surface area contributed by atoms with Gasteiger partial charge in [0.15, 0.2) is 0 Å². The molecule has 1 aromatic carbocycles. The van der Waals surface area contributed by atoms with Crippen LogP contribution in [0.1, 0.15) is 33.1 Å². The molecule has 1 saturated carbocycles. The molecular weight excluding hydrogens is 240 g/mol. The summed E-state index contributed by atoms with van der Waals surface area (Å²) in [5, 5.41) is 6.59. The molecule has 1 heterocycles. The van der Waals surface area contributed by atoms with Gasteiger partial charge in [-0.05, 0) is 38.8 Å². The minimum atomic E-state index is -0.317. The largest absolute Gasteiger partial charge is 0.492 e. The quantitative estimate of drug-likeness (QED) is 0.859. The van der Waals surface area contributed by atoms with Crippen molar-refractivity contribution in [1.29, 1.82) is 0 Å². The maximum Gasteiger partial charge on any atom is 0.232 e. The Labute approximate surface area is 113 Å². The molecular formula is C15H20N2O2. The first-order valence-corrected chi connectivity index (χ1v) is 6.99. The van der Waals surface area contributed by atoms with Crippen molar-refractivity contribution in [2.45, 2.75) is 39.2 Å². The SMILES string of the molecule is CCOc1cccc2c1NC(=O)C1(C)CCCC1N2. The molecule has 2 N–H and O–H groups in total. The molecule has 1 amide bonds. The number of nitrogens with one attached hydrogen (secondary N) is 2. The maximum absolute atomic E-state index is 12.5. The third kappa shape index (κ3) is 1.86. The number of ether oxygens (including phenoxy) is 1. The van der Waals surface area contributed by atoms with Crippen LogP contribution in [-0.4, -0.2) is 18.6 Å². The molecule has 3 rings (SSSR count). The standard InChI is InChI=1S/C15H20N2O2/c1-3-19-11-7-4-6-10-13(11)17-14(18)15(2)9-5-8-12(15)16-10/h4,6-7,12,16H,3,5,8-9H2,1-2H3,(H,17,18). The van der Waals surface area contributed by atoms with Crippen molar-refractivity contribution in [3.63, 3.8) is 0 Å². The van der Waals surface area contributed by atoms with Gasteiger partial charge in [-0.3, -0.25) is 4.79 Å². The van der Waals surface area contributed by atoms with Gasteiger partial charge in [0.05, 0.1) is 17.7 Å². The van der Waals surface area contributed by atoms with E-state index >= 15 is 0 Å². The van der Waals surface area contributed by atoms with Gasteiger partial charge in [-0.25, -0.2) is 0 Å². The Hall–Kier alpha value is -1.71. The van der Waals surface area contributed by atoms with Crippen LogP contribution in [-0.2, 0) is 4.79 Å². The lowest BCUT2D eigenvalue weighted by Crippen LogP contribution is -2.41. The van der Waals surface area contributed by atoms with Crippen LogP contribution in [0.3, 0.4) is 0 Å². The molecule has 1 aliphatic heterocycles. The average molecular weight is 260 g/mol. The number of rotatable bonds is 2. The summed E-state index contributed by atoms with van der Waals surface area (Å²) in [6.07, 6.45) is 3.08. The summed E-state index contributed by atoms with van der Waals surface area (Å²) in [4.78, 5) is 12.5. The van der Waals surface area contributed by atoms with Crippen LogP contribution >= 0.6 is 0 Å². The Bertz CT molecular complexity index is 515. The lowest BCUT2D eigenvalue weighted by atomic mass is 9.84. The van der Waals surface area contributed by atoms with Crippen LogP contribution in [0.4, 0.5) is 11.4 Å². The molecule has 2 unspecified atom stereocenters. The molecule has 1 aromatic rings. The highest BCUT2D eigenvalue weighted by molar-refractivity contribution is 6.02. The van der Waals surface area contributed by atoms with Crippen molar-refractivity contribution in [2.24, 2.45) is 5.41 Å². The highest BCUT2D eigenvalue weighted by Crippen LogP contribution is 2.46. The van der Waals surface area contributed by atoms with Crippen molar-refractivity contribution in [2.75, 3.05) is 17.2 Å². The number of hydrogen-bond donors (Lipinski definition) is 2. The van der Waals surface area contributed by atoms with E-state index in [0.717, 1.165) is 36.4 Å². The molecule has 0 aromatic heterocycles. The zero-order valence-corrected chi connectivity index (χ0v) is 11.5. The Kier molecular flexibility index (Phi) is 2.88. The van der Waals surface area contributed by atoms with Crippen LogP contribution in [0.5, 0.6) is 5.75 Å². The predicted molar refractivity (Wildman–Crippen MR) is 75.6 cm³/mol. The van der Waals surface area contributed by atoms with Gasteiger partial charge in [-0.15, -0.1) is 0 Å². The molecule has 4 heteroatoms. The number of fused-ring (bicyclic) bond motifs is 2. The number of para-hydroxylation sites is 1. The van der Waals surface area contributed by atoms with Crippen LogP contribution < -0.4 is 15.4 Å². The molecule has 1 aliphatic carbocycles. The zero-order chi connectivity index (χ0) is 13.5. The fourth-order valence-electron chi connectivity index (χ4n) is 3.17. The van der Waals surface area contributed by atoms with E-state index in [9.17, 15) is 4.79 Å². The van der Waals surface area contributed by atoms with Gasteiger partial charge in [-0.1, -0.05) is 12.5 Å². The Morgan fingerprint density at radius 1 is 1.47 bits per heavy atom. The van der Waals surface area contributed by atoms with Crippen molar-refractivity contribution in [3.8, 4) is 5.75 Å². The molecule has 102 valence electrons. The lowest BCUT2D eigenvalue weighted by molar-refractivity contribution is -0.124. The summed E-state index contributed by atoms with van der Waals surface area (Å²) in [7, 11) is 0. The Morgan fingerprint density at radius 3 is 3.11 bits per heavy atom. The van der Waals surface area contributed by atoms with Gasteiger partial charge in [0, 0.05) is 6.04 Å². The average Bonchev–Trinajstić information content (AvgIpc) is 2.72. The van der Waals surface area contributed by atoms with Gasteiger partial charge < -0.3 is 15.4 Å². The summed E-state index contributed by atoms with van der Waals surface area (Å²) >= 11 is 0. The smallest absolute Gasteiger partial charge is 0.232 e. The topological polar surface area (TPSA) is 50.4 Å². The number of benzene rings is 1. The summed E-state index contributed by atoms with van der Waals surface area (Å²) in [5.41, 5.74) is 1.43. The van der Waals surface area contributed by atoms with E-state index in [0.29, 0.717) is 6.61 Å². The van der Waals surface area contributed by atoms with E-state index in [1.807, 2.05) is 25.1 Å². The molecule has 0 bridgehead atoms. The highest BCUT2D eigenvalue weighted by Gasteiger charge is 2.47. The van der Waals surface area contributed by atoms with Crippen molar-refractivity contribution < 1.29 is 9.53 Å². The molecule has 0 radical (unpaired) electrons. The molecule has 2 atom stereocenters. The minimum Gasteiger partial charge on any atom is -0.492 e. The van der Waals surface area contributed by atoms with E-state index < -0.39 is 0 Å². The van der Waals surface area contributed by atoms with Crippen molar-refractivity contribution in [1.82, 2.24) is 0 Å². The second kappa shape index (κ2) is 4.44. The predicted octanol–water partition coefficient (Wildman–Crippen LogP) is 3.01. The second-order valence-corrected chi connectivity index (χ2v) is 5.57. The third-order valence-corrected chi connectivity index (χ3v) is 4.37. The molecule has 19 heavy (non-hydrogen) atoms. The number of anilines is 2. The molecule has 0 saturated heterocycles. The van der Waals surface area contributed by atoms with E-state index in [1.54, 1.807) is 0 Å². The summed E-state index contributed by atoms with van der Waals surface area (Å²) < 4.78 is 5.61. The van der Waals surface area contributed by atoms with E-state index in [1.165, 1.54) is 0 Å². The zero-order valence-electron chi connectivity index (χ0n) is 11.5. The third-order valence-electron chi connectivity index (χ3n) is 4.37. The van der Waals surface area contributed by atoms with E-state index in [4.69, 9.17) is 4.74 Å². The van der Waals surface area contributed by atoms with Crippen molar-refractivity contribution >= 4 is 17.3 Å². The number of carbonyl (C=O) groups is 1. The summed E-state index contributed by atoms with van der Waals surface area (Å²) in [6, 6.07) is 6.07. The van der Waals surface area contributed by atoms with E-state index in [-0.39, 0.29) is 17.4 Å². The Balaban J connectivity index is 2.03. The normalized spacial score (nSPS) is 28.7. The van der Waals surface area contributed by atoms with Gasteiger partial charge in [0.2, 0.25) is 5.91 Å². The molecule has 2 aliphatic rings. The lowest BCUT2D eigenvalue weighted by Gasteiger charge is -2.27. The van der Waals surface area contributed by atoms with Crippen LogP contribution in [0.2, 0.25) is 0 Å². The molecule has 0 spiro atoms. The summed E-state index contributed by atoms with van der Waals surface area (Å²) in [6.45, 7) is 4.59. The van der Waals surface area contributed by atoms with Gasteiger partial charge in [-0.2, -0.15) is 0 Å². The molecule has 1 fully saturated rings. The van der Waals surface area contributed by atoms with Crippen LogP contribution in [0, 0.1) is 5.41 Å².